The Morgan fingerprint density at radius 3 is 1.38 bits per heavy atom. The highest BCUT2D eigenvalue weighted by Gasteiger charge is 2.58. The summed E-state index contributed by atoms with van der Waals surface area (Å²) in [6.07, 6.45) is -3.50. The van der Waals surface area contributed by atoms with Gasteiger partial charge in [0.15, 0.2) is 0 Å². The third kappa shape index (κ3) is 2.06. The lowest BCUT2D eigenvalue weighted by Gasteiger charge is -2.35. The van der Waals surface area contributed by atoms with Crippen molar-refractivity contribution >= 4 is 8.07 Å². The summed E-state index contributed by atoms with van der Waals surface area (Å²) in [4.78, 5) is 0. The number of hydrogen-bond acceptors (Lipinski definition) is 0. The van der Waals surface area contributed by atoms with Crippen molar-refractivity contribution in [2.24, 2.45) is 0 Å². The van der Waals surface area contributed by atoms with Crippen LogP contribution in [0.2, 0.25) is 18.1 Å². The minimum atomic E-state index is -3.73. The van der Waals surface area contributed by atoms with Gasteiger partial charge < -0.3 is 0 Å². The lowest BCUT2D eigenvalue weighted by Crippen LogP contribution is -2.55. The van der Waals surface area contributed by atoms with E-state index in [4.69, 9.17) is 0 Å². The Hall–Kier alpha value is -0.0631. The SMILES string of the molecule is CC[Si](CC)(CC)C(F)(F)C(F)F. The van der Waals surface area contributed by atoms with Crippen molar-refractivity contribution in [2.75, 3.05) is 0 Å². The van der Waals surface area contributed by atoms with Crippen molar-refractivity contribution in [2.45, 2.75) is 50.9 Å². The van der Waals surface area contributed by atoms with Gasteiger partial charge in [0.2, 0.25) is 0 Å². The van der Waals surface area contributed by atoms with E-state index in [1.807, 2.05) is 0 Å². The first-order chi connectivity index (χ1) is 5.88. The normalized spacial score (nSPS) is 13.8. The summed E-state index contributed by atoms with van der Waals surface area (Å²) in [5.41, 5.74) is -3.73. The molecule has 0 aromatic rings. The van der Waals surface area contributed by atoms with Crippen LogP contribution in [0.15, 0.2) is 0 Å². The maximum absolute atomic E-state index is 13.2. The van der Waals surface area contributed by atoms with Crippen LogP contribution in [0.5, 0.6) is 0 Å². The van der Waals surface area contributed by atoms with Crippen molar-refractivity contribution in [1.82, 2.24) is 0 Å². The van der Waals surface area contributed by atoms with Crippen molar-refractivity contribution in [3.63, 3.8) is 0 Å². The highest BCUT2D eigenvalue weighted by atomic mass is 28.3. The fourth-order valence-electron chi connectivity index (χ4n) is 1.69. The Kier molecular flexibility index (Phi) is 4.42. The summed E-state index contributed by atoms with van der Waals surface area (Å²) in [6, 6.07) is 0.659. The zero-order valence-corrected chi connectivity index (χ0v) is 9.21. The predicted molar refractivity (Wildman–Crippen MR) is 48.1 cm³/mol. The summed E-state index contributed by atoms with van der Waals surface area (Å²) >= 11 is 0. The summed E-state index contributed by atoms with van der Waals surface area (Å²) in [7, 11) is -3.09. The van der Waals surface area contributed by atoms with Gasteiger partial charge in [0.1, 0.15) is 8.07 Å². The molecule has 13 heavy (non-hydrogen) atoms. The maximum Gasteiger partial charge on any atom is 0.296 e. The average molecular weight is 216 g/mol. The number of rotatable bonds is 5. The highest BCUT2D eigenvalue weighted by molar-refractivity contribution is 6.82. The van der Waals surface area contributed by atoms with E-state index in [2.05, 4.69) is 0 Å². The minimum absolute atomic E-state index is 0.220. The molecular formula is C8H16F4Si. The van der Waals surface area contributed by atoms with Gasteiger partial charge in [-0.15, -0.1) is 0 Å². The quantitative estimate of drug-likeness (QED) is 0.482. The number of halogens is 4. The molecule has 0 saturated carbocycles. The molecule has 0 radical (unpaired) electrons. The van der Waals surface area contributed by atoms with Gasteiger partial charge in [-0.25, -0.2) is 17.6 Å². The van der Waals surface area contributed by atoms with Crippen LogP contribution in [-0.4, -0.2) is 20.0 Å². The van der Waals surface area contributed by atoms with Crippen molar-refractivity contribution in [3.8, 4) is 0 Å². The van der Waals surface area contributed by atoms with Gasteiger partial charge in [0.25, 0.3) is 12.0 Å². The molecule has 0 aliphatic rings. The molecule has 0 aliphatic heterocycles. The summed E-state index contributed by atoms with van der Waals surface area (Å²) < 4.78 is 50.7. The van der Waals surface area contributed by atoms with E-state index in [0.717, 1.165) is 0 Å². The van der Waals surface area contributed by atoms with Crippen LogP contribution < -0.4 is 0 Å². The van der Waals surface area contributed by atoms with Gasteiger partial charge in [-0.2, -0.15) is 0 Å². The molecule has 0 spiro atoms. The Morgan fingerprint density at radius 2 is 1.31 bits per heavy atom. The fourth-order valence-corrected chi connectivity index (χ4v) is 5.07. The van der Waals surface area contributed by atoms with Crippen LogP contribution in [0.1, 0.15) is 20.8 Å². The standard InChI is InChI=1S/C8H16F4Si/c1-4-13(5-2,6-3)8(11,12)7(9)10/h7H,4-6H2,1-3H3. The molecule has 0 rings (SSSR count). The molecule has 0 saturated heterocycles. The van der Waals surface area contributed by atoms with Gasteiger partial charge in [0.05, 0.1) is 0 Å². The Morgan fingerprint density at radius 1 is 1.00 bits per heavy atom. The molecule has 0 fully saturated rings. The van der Waals surface area contributed by atoms with Gasteiger partial charge in [-0.05, 0) is 0 Å². The Bertz CT molecular complexity index is 146. The highest BCUT2D eigenvalue weighted by Crippen LogP contribution is 2.40. The molecule has 0 unspecified atom stereocenters. The lowest BCUT2D eigenvalue weighted by molar-refractivity contribution is -0.0741. The second-order valence-corrected chi connectivity index (χ2v) is 8.61. The van der Waals surface area contributed by atoms with Crippen LogP contribution in [0.3, 0.4) is 0 Å². The monoisotopic (exact) mass is 216 g/mol. The zero-order chi connectivity index (χ0) is 10.7. The van der Waals surface area contributed by atoms with E-state index in [9.17, 15) is 17.6 Å². The molecule has 0 nitrogen and oxygen atoms in total. The van der Waals surface area contributed by atoms with Gasteiger partial charge in [-0.3, -0.25) is 0 Å². The first kappa shape index (κ1) is 12.9. The maximum atomic E-state index is 13.2. The second-order valence-electron chi connectivity index (χ2n) is 3.26. The minimum Gasteiger partial charge on any atom is -0.206 e. The van der Waals surface area contributed by atoms with Crippen molar-refractivity contribution < 1.29 is 17.6 Å². The van der Waals surface area contributed by atoms with Gasteiger partial charge in [0, 0.05) is 0 Å². The molecule has 5 heteroatoms. The average Bonchev–Trinajstić information content (AvgIpc) is 2.08. The van der Waals surface area contributed by atoms with Crippen LogP contribution in [0.4, 0.5) is 17.6 Å². The summed E-state index contributed by atoms with van der Waals surface area (Å²) in [5, 5.41) is 0. The predicted octanol–water partition coefficient (Wildman–Crippen LogP) is 3.93. The molecule has 0 atom stereocenters. The van der Waals surface area contributed by atoms with Gasteiger partial charge in [-0.1, -0.05) is 38.9 Å². The Balaban J connectivity index is 4.91. The third-order valence-corrected chi connectivity index (χ3v) is 8.70. The fraction of sp³-hybridized carbons (Fsp3) is 1.00. The first-order valence-electron chi connectivity index (χ1n) is 4.54. The summed E-state index contributed by atoms with van der Waals surface area (Å²) in [6.45, 7) is 4.78. The molecular weight excluding hydrogens is 200 g/mol. The molecule has 0 N–H and O–H groups in total. The van der Waals surface area contributed by atoms with Crippen molar-refractivity contribution in [1.29, 1.82) is 0 Å². The topological polar surface area (TPSA) is 0 Å². The van der Waals surface area contributed by atoms with E-state index >= 15 is 0 Å². The molecule has 0 bridgehead atoms. The second kappa shape index (κ2) is 4.44. The van der Waals surface area contributed by atoms with Crippen molar-refractivity contribution in [3.05, 3.63) is 0 Å². The number of hydrogen-bond donors (Lipinski definition) is 0. The lowest BCUT2D eigenvalue weighted by atomic mass is 10.7. The van der Waals surface area contributed by atoms with E-state index in [0.29, 0.717) is 0 Å². The molecule has 0 aromatic carbocycles. The van der Waals surface area contributed by atoms with Crippen LogP contribution in [0, 0.1) is 0 Å². The molecule has 0 aliphatic carbocycles. The Labute approximate surface area is 77.3 Å². The van der Waals surface area contributed by atoms with E-state index in [1.54, 1.807) is 20.8 Å². The van der Waals surface area contributed by atoms with Crippen LogP contribution in [-0.2, 0) is 0 Å². The molecule has 0 amide bonds. The third-order valence-electron chi connectivity index (χ3n) is 3.01. The molecule has 80 valence electrons. The van der Waals surface area contributed by atoms with Crippen LogP contribution in [0.25, 0.3) is 0 Å². The number of alkyl halides is 4. The van der Waals surface area contributed by atoms with Crippen LogP contribution >= 0.6 is 0 Å². The smallest absolute Gasteiger partial charge is 0.206 e. The molecule has 0 aromatic heterocycles. The van der Waals surface area contributed by atoms with E-state index in [1.165, 1.54) is 0 Å². The largest absolute Gasteiger partial charge is 0.296 e. The molecule has 0 heterocycles. The first-order valence-corrected chi connectivity index (χ1v) is 7.16. The van der Waals surface area contributed by atoms with Gasteiger partial charge >= 0.3 is 0 Å². The zero-order valence-electron chi connectivity index (χ0n) is 8.21. The van der Waals surface area contributed by atoms with E-state index < -0.39 is 20.0 Å². The van der Waals surface area contributed by atoms with E-state index in [-0.39, 0.29) is 18.1 Å². The summed E-state index contributed by atoms with van der Waals surface area (Å²) in [5.74, 6) is 0.